The normalized spacial score (nSPS) is 12.4. The molecule has 1 heterocycles. The lowest BCUT2D eigenvalue weighted by molar-refractivity contribution is -0.152. The highest BCUT2D eigenvalue weighted by atomic mass is 32.2. The molecule has 118 valence electrons. The third-order valence-corrected chi connectivity index (χ3v) is 3.50. The number of carbonyl (C=O) groups excluding carboxylic acids is 2. The van der Waals surface area contributed by atoms with Gasteiger partial charge in [0.25, 0.3) is 11.1 Å². The SMILES string of the molecule is CC(C)NC(=O)C(C)OC(=O)CSc1nc2ccccc2o1. The van der Waals surface area contributed by atoms with Crippen molar-refractivity contribution in [3.05, 3.63) is 24.3 Å². The average Bonchev–Trinajstić information content (AvgIpc) is 2.87. The second-order valence-corrected chi connectivity index (χ2v) is 5.96. The molecule has 0 aliphatic carbocycles. The van der Waals surface area contributed by atoms with Crippen LogP contribution in [0.4, 0.5) is 0 Å². The maximum Gasteiger partial charge on any atom is 0.317 e. The van der Waals surface area contributed by atoms with Gasteiger partial charge in [-0.15, -0.1) is 0 Å². The van der Waals surface area contributed by atoms with Gasteiger partial charge in [0, 0.05) is 6.04 Å². The van der Waals surface area contributed by atoms with Crippen LogP contribution in [0.1, 0.15) is 20.8 Å². The number of oxazole rings is 1. The van der Waals surface area contributed by atoms with Crippen LogP contribution in [0, 0.1) is 0 Å². The molecule has 2 rings (SSSR count). The predicted molar refractivity (Wildman–Crippen MR) is 83.6 cm³/mol. The number of amides is 1. The van der Waals surface area contributed by atoms with Gasteiger partial charge >= 0.3 is 5.97 Å². The van der Waals surface area contributed by atoms with E-state index in [1.165, 1.54) is 0 Å². The molecule has 0 aliphatic heterocycles. The molecule has 0 spiro atoms. The van der Waals surface area contributed by atoms with E-state index in [-0.39, 0.29) is 17.7 Å². The first-order chi connectivity index (χ1) is 10.5. The summed E-state index contributed by atoms with van der Waals surface area (Å²) in [7, 11) is 0. The Bertz CT molecular complexity index is 635. The fraction of sp³-hybridized carbons (Fsp3) is 0.400. The lowest BCUT2D eigenvalue weighted by atomic mass is 10.3. The standard InChI is InChI=1S/C15H18N2O4S/c1-9(2)16-14(19)10(3)20-13(18)8-22-15-17-11-6-4-5-7-12(11)21-15/h4-7,9-10H,8H2,1-3H3,(H,16,19). The van der Waals surface area contributed by atoms with Crippen molar-refractivity contribution in [2.75, 3.05) is 5.75 Å². The third kappa shape index (κ3) is 4.49. The number of ether oxygens (including phenoxy) is 1. The zero-order chi connectivity index (χ0) is 16.1. The minimum absolute atomic E-state index is 0.00257. The first-order valence-electron chi connectivity index (χ1n) is 6.94. The van der Waals surface area contributed by atoms with Gasteiger partial charge in [0.15, 0.2) is 11.7 Å². The number of hydrogen-bond donors (Lipinski definition) is 1. The van der Waals surface area contributed by atoms with Crippen LogP contribution < -0.4 is 5.32 Å². The maximum absolute atomic E-state index is 11.7. The molecule has 1 atom stereocenters. The second-order valence-electron chi connectivity index (χ2n) is 5.03. The fourth-order valence-corrected chi connectivity index (χ4v) is 2.34. The number of para-hydroxylation sites is 2. The number of fused-ring (bicyclic) bond motifs is 1. The van der Waals surface area contributed by atoms with Crippen molar-refractivity contribution in [1.29, 1.82) is 0 Å². The van der Waals surface area contributed by atoms with Crippen LogP contribution in [-0.2, 0) is 14.3 Å². The zero-order valence-electron chi connectivity index (χ0n) is 12.7. The van der Waals surface area contributed by atoms with Crippen LogP contribution in [-0.4, -0.2) is 34.8 Å². The van der Waals surface area contributed by atoms with E-state index in [1.807, 2.05) is 38.1 Å². The summed E-state index contributed by atoms with van der Waals surface area (Å²) in [5.74, 6) is -0.763. The van der Waals surface area contributed by atoms with Gasteiger partial charge in [0.2, 0.25) is 0 Å². The first-order valence-corrected chi connectivity index (χ1v) is 7.92. The van der Waals surface area contributed by atoms with Gasteiger partial charge in [-0.05, 0) is 32.9 Å². The average molecular weight is 322 g/mol. The van der Waals surface area contributed by atoms with Crippen LogP contribution in [0.15, 0.2) is 33.9 Å². The van der Waals surface area contributed by atoms with Gasteiger partial charge in [-0.2, -0.15) is 0 Å². The highest BCUT2D eigenvalue weighted by Gasteiger charge is 2.19. The third-order valence-electron chi connectivity index (χ3n) is 2.70. The van der Waals surface area contributed by atoms with Crippen LogP contribution in [0.3, 0.4) is 0 Å². The van der Waals surface area contributed by atoms with Crippen molar-refractivity contribution in [2.45, 2.75) is 38.1 Å². The number of hydrogen-bond acceptors (Lipinski definition) is 6. The Kier molecular flexibility index (Phi) is 5.43. The lowest BCUT2D eigenvalue weighted by Gasteiger charge is -2.14. The molecule has 0 fully saturated rings. The Balaban J connectivity index is 1.83. The maximum atomic E-state index is 11.7. The van der Waals surface area contributed by atoms with Crippen molar-refractivity contribution >= 4 is 34.7 Å². The van der Waals surface area contributed by atoms with E-state index in [2.05, 4.69) is 10.3 Å². The fourth-order valence-electron chi connectivity index (χ4n) is 1.72. The molecule has 0 saturated carbocycles. The number of esters is 1. The molecule has 6 nitrogen and oxygen atoms in total. The topological polar surface area (TPSA) is 81.4 Å². The Morgan fingerprint density at radius 2 is 2.05 bits per heavy atom. The smallest absolute Gasteiger partial charge is 0.317 e. The van der Waals surface area contributed by atoms with Gasteiger partial charge in [-0.25, -0.2) is 4.98 Å². The molecule has 1 aromatic heterocycles. The van der Waals surface area contributed by atoms with Gasteiger partial charge < -0.3 is 14.5 Å². The summed E-state index contributed by atoms with van der Waals surface area (Å²) in [6.45, 7) is 5.23. The molecule has 0 radical (unpaired) electrons. The number of rotatable bonds is 6. The van der Waals surface area contributed by atoms with E-state index in [4.69, 9.17) is 9.15 Å². The summed E-state index contributed by atoms with van der Waals surface area (Å²) >= 11 is 1.14. The molecule has 0 bridgehead atoms. The molecule has 0 saturated heterocycles. The van der Waals surface area contributed by atoms with Crippen LogP contribution in [0.2, 0.25) is 0 Å². The zero-order valence-corrected chi connectivity index (χ0v) is 13.5. The lowest BCUT2D eigenvalue weighted by Crippen LogP contribution is -2.39. The van der Waals surface area contributed by atoms with Gasteiger partial charge in [-0.3, -0.25) is 9.59 Å². The van der Waals surface area contributed by atoms with E-state index in [0.717, 1.165) is 17.3 Å². The number of thioether (sulfide) groups is 1. The summed E-state index contributed by atoms with van der Waals surface area (Å²) in [6.07, 6.45) is -0.820. The second kappa shape index (κ2) is 7.31. The van der Waals surface area contributed by atoms with Crippen molar-refractivity contribution in [1.82, 2.24) is 10.3 Å². The van der Waals surface area contributed by atoms with Crippen molar-refractivity contribution in [3.8, 4) is 0 Å². The monoisotopic (exact) mass is 322 g/mol. The number of carbonyl (C=O) groups is 2. The van der Waals surface area contributed by atoms with E-state index >= 15 is 0 Å². The van der Waals surface area contributed by atoms with Crippen molar-refractivity contribution < 1.29 is 18.7 Å². The molecule has 1 amide bonds. The van der Waals surface area contributed by atoms with E-state index in [1.54, 1.807) is 6.92 Å². The van der Waals surface area contributed by atoms with Gasteiger partial charge in [0.05, 0.1) is 0 Å². The van der Waals surface area contributed by atoms with Crippen molar-refractivity contribution in [2.24, 2.45) is 0 Å². The van der Waals surface area contributed by atoms with Crippen LogP contribution in [0.5, 0.6) is 0 Å². The van der Waals surface area contributed by atoms with Crippen molar-refractivity contribution in [3.63, 3.8) is 0 Å². The molecule has 2 aromatic rings. The summed E-state index contributed by atoms with van der Waals surface area (Å²) < 4.78 is 10.6. The molecule has 1 N–H and O–H groups in total. The van der Waals surface area contributed by atoms with Gasteiger partial charge in [0.1, 0.15) is 11.3 Å². The Labute approximate surface area is 132 Å². The first kappa shape index (κ1) is 16.4. The molecule has 0 aliphatic rings. The van der Waals surface area contributed by atoms with E-state index in [0.29, 0.717) is 10.8 Å². The summed E-state index contributed by atoms with van der Waals surface area (Å²) in [5, 5.41) is 3.09. The number of benzene rings is 1. The minimum atomic E-state index is -0.820. The predicted octanol–water partition coefficient (Wildman–Crippen LogP) is 2.38. The summed E-state index contributed by atoms with van der Waals surface area (Å²) in [6, 6.07) is 7.36. The number of nitrogens with one attached hydrogen (secondary N) is 1. The molecule has 7 heteroatoms. The summed E-state index contributed by atoms with van der Waals surface area (Å²) in [4.78, 5) is 27.6. The molecular weight excluding hydrogens is 304 g/mol. The molecule has 1 aromatic carbocycles. The molecular formula is C15H18N2O4S. The minimum Gasteiger partial charge on any atom is -0.452 e. The van der Waals surface area contributed by atoms with Crippen LogP contribution in [0.25, 0.3) is 11.1 Å². The molecule has 1 unspecified atom stereocenters. The van der Waals surface area contributed by atoms with E-state index in [9.17, 15) is 9.59 Å². The Morgan fingerprint density at radius 1 is 1.32 bits per heavy atom. The quantitative estimate of drug-likeness (QED) is 0.649. The number of nitrogens with zero attached hydrogens (tertiary/aromatic N) is 1. The Morgan fingerprint density at radius 3 is 2.73 bits per heavy atom. The highest BCUT2D eigenvalue weighted by Crippen LogP contribution is 2.23. The van der Waals surface area contributed by atoms with Crippen LogP contribution >= 0.6 is 11.8 Å². The number of aromatic nitrogens is 1. The van der Waals surface area contributed by atoms with Gasteiger partial charge in [-0.1, -0.05) is 23.9 Å². The molecule has 22 heavy (non-hydrogen) atoms. The highest BCUT2D eigenvalue weighted by molar-refractivity contribution is 7.99. The largest absolute Gasteiger partial charge is 0.452 e. The Hall–Kier alpha value is -2.02. The van der Waals surface area contributed by atoms with E-state index < -0.39 is 12.1 Å². The summed E-state index contributed by atoms with van der Waals surface area (Å²) in [5.41, 5.74) is 1.41.